The molecule has 0 radical (unpaired) electrons. The first-order chi connectivity index (χ1) is 6.89. The van der Waals surface area contributed by atoms with Crippen molar-refractivity contribution < 1.29 is 28.5 Å². The molecule has 0 fully saturated rings. The molecule has 0 aliphatic carbocycles. The van der Waals surface area contributed by atoms with Gasteiger partial charge in [-0.3, -0.25) is 0 Å². The fourth-order valence-electron chi connectivity index (χ4n) is 1.01. The van der Waals surface area contributed by atoms with Crippen LogP contribution >= 0.6 is 0 Å². The molecule has 0 spiro atoms. The number of carboxylic acids is 1. The Kier molecular flexibility index (Phi) is 2.78. The Morgan fingerprint density at radius 3 is 2.53 bits per heavy atom. The van der Waals surface area contributed by atoms with Gasteiger partial charge in [0.05, 0.1) is 12.7 Å². The molecule has 82 valence electrons. The molecule has 1 rings (SSSR count). The van der Waals surface area contributed by atoms with E-state index in [0.717, 1.165) is 12.1 Å². The zero-order valence-corrected chi connectivity index (χ0v) is 7.70. The fraction of sp³-hybridized carbons (Fsp3) is 0.222. The van der Waals surface area contributed by atoms with Gasteiger partial charge in [0.15, 0.2) is 0 Å². The molecule has 4 nitrogen and oxygen atoms in total. The third-order valence-corrected chi connectivity index (χ3v) is 1.81. The van der Waals surface area contributed by atoms with Gasteiger partial charge in [-0.1, -0.05) is 0 Å². The van der Waals surface area contributed by atoms with Gasteiger partial charge in [0.2, 0.25) is 0 Å². The minimum Gasteiger partial charge on any atom is -0.507 e. The minimum atomic E-state index is -4.14. The first kappa shape index (κ1) is 11.2. The van der Waals surface area contributed by atoms with Crippen LogP contribution in [-0.4, -0.2) is 23.3 Å². The number of aromatic hydroxyl groups is 1. The molecule has 1 aromatic rings. The molecule has 0 atom stereocenters. The number of hydrogen-bond acceptors (Lipinski definition) is 3. The summed E-state index contributed by atoms with van der Waals surface area (Å²) in [6.45, 7) is 0. The Morgan fingerprint density at radius 1 is 1.47 bits per heavy atom. The van der Waals surface area contributed by atoms with Crippen LogP contribution in [0.25, 0.3) is 0 Å². The molecule has 0 aliphatic rings. The van der Waals surface area contributed by atoms with Gasteiger partial charge in [-0.25, -0.2) is 4.79 Å². The van der Waals surface area contributed by atoms with E-state index in [1.807, 2.05) is 0 Å². The molecule has 1 aromatic carbocycles. The summed E-state index contributed by atoms with van der Waals surface area (Å²) in [5, 5.41) is 17.4. The summed E-state index contributed by atoms with van der Waals surface area (Å²) in [6.07, 6.45) is 0. The first-order valence-corrected chi connectivity index (χ1v) is 3.88. The molecule has 2 N–H and O–H groups in total. The number of carboxylic acid groups (broad SMARTS) is 1. The zero-order chi connectivity index (χ0) is 11.6. The third-order valence-electron chi connectivity index (χ3n) is 1.81. The number of hydrogen-bond donors (Lipinski definition) is 2. The van der Waals surface area contributed by atoms with Crippen LogP contribution in [0.4, 0.5) is 8.78 Å². The Hall–Kier alpha value is -1.85. The lowest BCUT2D eigenvalue weighted by Crippen LogP contribution is -2.25. The zero-order valence-electron chi connectivity index (χ0n) is 7.70. The molecule has 0 amide bonds. The highest BCUT2D eigenvalue weighted by Gasteiger charge is 2.43. The van der Waals surface area contributed by atoms with Crippen molar-refractivity contribution in [3.05, 3.63) is 23.8 Å². The van der Waals surface area contributed by atoms with E-state index in [0.29, 0.717) is 0 Å². The number of phenols is 1. The maximum atomic E-state index is 13.0. The number of rotatable bonds is 3. The highest BCUT2D eigenvalue weighted by molar-refractivity contribution is 5.78. The average Bonchev–Trinajstić information content (AvgIpc) is 2.18. The lowest BCUT2D eigenvalue weighted by Gasteiger charge is -2.13. The van der Waals surface area contributed by atoms with Gasteiger partial charge in [-0.05, 0) is 18.2 Å². The SMILES string of the molecule is COc1ccc(O)c(C(F)(F)C(=O)O)c1. The van der Waals surface area contributed by atoms with Gasteiger partial charge < -0.3 is 14.9 Å². The van der Waals surface area contributed by atoms with E-state index in [1.165, 1.54) is 13.2 Å². The Labute approximate surface area is 83.7 Å². The lowest BCUT2D eigenvalue weighted by atomic mass is 10.1. The maximum Gasteiger partial charge on any atom is 0.379 e. The monoisotopic (exact) mass is 218 g/mol. The summed E-state index contributed by atoms with van der Waals surface area (Å²) in [5.41, 5.74) is -0.991. The number of benzene rings is 1. The molecule has 0 unspecified atom stereocenters. The molecule has 0 saturated carbocycles. The predicted molar refractivity (Wildman–Crippen MR) is 46.2 cm³/mol. The van der Waals surface area contributed by atoms with Crippen molar-refractivity contribution in [3.8, 4) is 11.5 Å². The second kappa shape index (κ2) is 3.72. The van der Waals surface area contributed by atoms with Crippen LogP contribution in [0.15, 0.2) is 18.2 Å². The van der Waals surface area contributed by atoms with Crippen LogP contribution in [0.2, 0.25) is 0 Å². The van der Waals surface area contributed by atoms with Gasteiger partial charge >= 0.3 is 11.9 Å². The van der Waals surface area contributed by atoms with E-state index in [9.17, 15) is 13.6 Å². The van der Waals surface area contributed by atoms with Crippen LogP contribution in [0.3, 0.4) is 0 Å². The summed E-state index contributed by atoms with van der Waals surface area (Å²) >= 11 is 0. The molecular weight excluding hydrogens is 210 g/mol. The van der Waals surface area contributed by atoms with Crippen molar-refractivity contribution in [2.45, 2.75) is 5.92 Å². The Balaban J connectivity index is 3.29. The number of carbonyl (C=O) groups is 1. The molecule has 0 aliphatic heterocycles. The summed E-state index contributed by atoms with van der Waals surface area (Å²) < 4.78 is 30.7. The largest absolute Gasteiger partial charge is 0.507 e. The second-order valence-corrected chi connectivity index (χ2v) is 2.76. The highest BCUT2D eigenvalue weighted by Crippen LogP contribution is 2.36. The van der Waals surface area contributed by atoms with E-state index in [2.05, 4.69) is 4.74 Å². The number of phenolic OH excluding ortho intramolecular Hbond substituents is 1. The van der Waals surface area contributed by atoms with Crippen LogP contribution in [0, 0.1) is 0 Å². The Bertz CT molecular complexity index is 390. The summed E-state index contributed by atoms with van der Waals surface area (Å²) in [5.74, 6) is -7.21. The van der Waals surface area contributed by atoms with Gasteiger partial charge in [-0.2, -0.15) is 8.78 Å². The van der Waals surface area contributed by atoms with Crippen molar-refractivity contribution in [1.29, 1.82) is 0 Å². The third kappa shape index (κ3) is 1.98. The van der Waals surface area contributed by atoms with Gasteiger partial charge in [0.1, 0.15) is 11.5 Å². The van der Waals surface area contributed by atoms with Gasteiger partial charge in [-0.15, -0.1) is 0 Å². The number of halogens is 2. The predicted octanol–water partition coefficient (Wildman–Crippen LogP) is 1.58. The molecule has 15 heavy (non-hydrogen) atoms. The van der Waals surface area contributed by atoms with E-state index >= 15 is 0 Å². The molecule has 0 heterocycles. The normalized spacial score (nSPS) is 11.1. The second-order valence-electron chi connectivity index (χ2n) is 2.76. The fourth-order valence-corrected chi connectivity index (χ4v) is 1.01. The van der Waals surface area contributed by atoms with Crippen molar-refractivity contribution in [3.63, 3.8) is 0 Å². The molecule has 0 saturated heterocycles. The van der Waals surface area contributed by atoms with Crippen molar-refractivity contribution in [2.24, 2.45) is 0 Å². The summed E-state index contributed by atoms with van der Waals surface area (Å²) in [6, 6.07) is 2.98. The van der Waals surface area contributed by atoms with Crippen LogP contribution in [0.1, 0.15) is 5.56 Å². The van der Waals surface area contributed by atoms with E-state index in [1.54, 1.807) is 0 Å². The minimum absolute atomic E-state index is 0.0451. The van der Waals surface area contributed by atoms with Crippen molar-refractivity contribution in [2.75, 3.05) is 7.11 Å². The number of ether oxygens (including phenoxy) is 1. The van der Waals surface area contributed by atoms with Crippen LogP contribution in [0.5, 0.6) is 11.5 Å². The van der Waals surface area contributed by atoms with E-state index < -0.39 is 23.2 Å². The average molecular weight is 218 g/mol. The number of alkyl halides is 2. The van der Waals surface area contributed by atoms with Gasteiger partial charge in [0, 0.05) is 0 Å². The number of methoxy groups -OCH3 is 1. The summed E-state index contributed by atoms with van der Waals surface area (Å²) in [7, 11) is 1.25. The van der Waals surface area contributed by atoms with Gasteiger partial charge in [0.25, 0.3) is 0 Å². The highest BCUT2D eigenvalue weighted by atomic mass is 19.3. The van der Waals surface area contributed by atoms with Crippen molar-refractivity contribution in [1.82, 2.24) is 0 Å². The number of aliphatic carboxylic acids is 1. The van der Waals surface area contributed by atoms with E-state index in [4.69, 9.17) is 10.2 Å². The van der Waals surface area contributed by atoms with Crippen LogP contribution < -0.4 is 4.74 Å². The molecular formula is C9H8F2O4. The van der Waals surface area contributed by atoms with Crippen LogP contribution in [-0.2, 0) is 10.7 Å². The quantitative estimate of drug-likeness (QED) is 0.808. The maximum absolute atomic E-state index is 13.0. The standard InChI is InChI=1S/C9H8F2O4/c1-15-5-2-3-7(12)6(4-5)9(10,11)8(13)14/h2-4,12H,1H3,(H,13,14). The molecule has 0 bridgehead atoms. The smallest absolute Gasteiger partial charge is 0.379 e. The topological polar surface area (TPSA) is 66.8 Å². The molecule has 0 aromatic heterocycles. The summed E-state index contributed by atoms with van der Waals surface area (Å²) in [4.78, 5) is 10.3. The molecule has 6 heteroatoms. The van der Waals surface area contributed by atoms with Crippen molar-refractivity contribution >= 4 is 5.97 Å². The lowest BCUT2D eigenvalue weighted by molar-refractivity contribution is -0.166. The van der Waals surface area contributed by atoms with E-state index in [-0.39, 0.29) is 5.75 Å². The first-order valence-electron chi connectivity index (χ1n) is 3.88. The Morgan fingerprint density at radius 2 is 2.07 bits per heavy atom.